The van der Waals surface area contributed by atoms with E-state index >= 15 is 0 Å². The number of hydrogen-bond donors (Lipinski definition) is 3. The third-order valence-corrected chi connectivity index (χ3v) is 5.62. The minimum absolute atomic E-state index is 0.0796. The molecule has 1 atom stereocenters. The zero-order chi connectivity index (χ0) is 23.6. The van der Waals surface area contributed by atoms with E-state index in [-0.39, 0.29) is 12.5 Å². The van der Waals surface area contributed by atoms with Crippen molar-refractivity contribution in [1.29, 1.82) is 0 Å². The molecule has 3 N–H and O–H groups in total. The zero-order valence-corrected chi connectivity index (χ0v) is 19.3. The quantitative estimate of drug-likeness (QED) is 0.418. The maximum atomic E-state index is 12.6. The van der Waals surface area contributed by atoms with Gasteiger partial charge >= 0.3 is 0 Å². The molecule has 0 saturated carbocycles. The van der Waals surface area contributed by atoms with Gasteiger partial charge in [-0.1, -0.05) is 29.3 Å². The van der Waals surface area contributed by atoms with E-state index in [2.05, 4.69) is 37.4 Å². The lowest BCUT2D eigenvalue weighted by molar-refractivity contribution is -0.135. The molecule has 33 heavy (non-hydrogen) atoms. The van der Waals surface area contributed by atoms with Crippen molar-refractivity contribution < 1.29 is 24.3 Å². The minimum Gasteiger partial charge on any atom is -0.489 e. The van der Waals surface area contributed by atoms with Gasteiger partial charge in [0.1, 0.15) is 18.4 Å². The van der Waals surface area contributed by atoms with Crippen LogP contribution >= 0.6 is 0 Å². The van der Waals surface area contributed by atoms with E-state index in [1.807, 2.05) is 4.90 Å². The van der Waals surface area contributed by atoms with Gasteiger partial charge in [0, 0.05) is 25.3 Å². The summed E-state index contributed by atoms with van der Waals surface area (Å²) < 4.78 is 11.4. The molecule has 178 valence electrons. The first kappa shape index (κ1) is 24.7. The molecule has 8 heteroatoms. The van der Waals surface area contributed by atoms with Crippen LogP contribution in [0.4, 0.5) is 0 Å². The van der Waals surface area contributed by atoms with Gasteiger partial charge in [0.05, 0.1) is 6.61 Å². The van der Waals surface area contributed by atoms with E-state index in [0.29, 0.717) is 44.2 Å². The van der Waals surface area contributed by atoms with Crippen molar-refractivity contribution in [3.63, 3.8) is 0 Å². The highest BCUT2D eigenvalue weighted by molar-refractivity contribution is 5.94. The third-order valence-electron chi connectivity index (χ3n) is 5.62. The van der Waals surface area contributed by atoms with E-state index in [1.165, 1.54) is 11.1 Å². The summed E-state index contributed by atoms with van der Waals surface area (Å²) in [6.07, 6.45) is 1.79. The smallest absolute Gasteiger partial charge is 0.262 e. The Kier molecular flexibility index (Phi) is 9.24. The van der Waals surface area contributed by atoms with Crippen LogP contribution < -0.4 is 15.5 Å². The number of hydroxylamine groups is 1. The largest absolute Gasteiger partial charge is 0.489 e. The molecule has 1 heterocycles. The van der Waals surface area contributed by atoms with Gasteiger partial charge in [-0.15, -0.1) is 0 Å². The number of nitrogens with one attached hydrogen (secondary N) is 2. The SMILES string of the molecule is Cc1cc(C)cc(COc2ccc(C(=O)NC[C@@H](C(=O)NO)N3CCCCOCC3)cc2)c1. The number of hydrogen-bond acceptors (Lipinski definition) is 6. The average molecular weight is 456 g/mol. The zero-order valence-electron chi connectivity index (χ0n) is 19.3. The average Bonchev–Trinajstić information content (AvgIpc) is 2.78. The first-order chi connectivity index (χ1) is 16.0. The van der Waals surface area contributed by atoms with Gasteiger partial charge in [-0.05, 0) is 63.1 Å². The molecule has 1 aliphatic heterocycles. The van der Waals surface area contributed by atoms with Crippen LogP contribution in [-0.4, -0.2) is 60.8 Å². The number of ether oxygens (including phenoxy) is 2. The molecule has 1 aliphatic rings. The standard InChI is InChI=1S/C25H33N3O5/c1-18-13-19(2)15-20(14-18)17-33-22-7-5-21(6-8-22)24(29)26-16-23(25(30)27-31)28-9-3-4-11-32-12-10-28/h5-8,13-15,23,31H,3-4,9-12,16-17H2,1-2H3,(H,26,29)(H,27,30)/t23-/m0/s1. The summed E-state index contributed by atoms with van der Waals surface area (Å²) in [5.74, 6) is -0.176. The number of carbonyl (C=O) groups is 2. The van der Waals surface area contributed by atoms with Gasteiger partial charge in [-0.2, -0.15) is 0 Å². The number of aryl methyl sites for hydroxylation is 2. The summed E-state index contributed by atoms with van der Waals surface area (Å²) in [6, 6.07) is 12.5. The van der Waals surface area contributed by atoms with Crippen molar-refractivity contribution in [2.45, 2.75) is 39.3 Å². The van der Waals surface area contributed by atoms with Crippen LogP contribution in [0.25, 0.3) is 0 Å². The van der Waals surface area contributed by atoms with Gasteiger partial charge in [-0.3, -0.25) is 19.7 Å². The molecule has 1 saturated heterocycles. The van der Waals surface area contributed by atoms with Crippen molar-refractivity contribution in [1.82, 2.24) is 15.7 Å². The molecule has 0 aromatic heterocycles. The van der Waals surface area contributed by atoms with Crippen LogP contribution in [0.15, 0.2) is 42.5 Å². The Morgan fingerprint density at radius 2 is 1.79 bits per heavy atom. The molecule has 3 rings (SSSR count). The Labute approximate surface area is 194 Å². The normalized spacial score (nSPS) is 15.7. The molecule has 0 unspecified atom stereocenters. The number of benzene rings is 2. The van der Waals surface area contributed by atoms with Crippen LogP contribution in [0, 0.1) is 13.8 Å². The van der Waals surface area contributed by atoms with Crippen molar-refractivity contribution >= 4 is 11.8 Å². The third kappa shape index (κ3) is 7.56. The lowest BCUT2D eigenvalue weighted by Crippen LogP contribution is -2.53. The van der Waals surface area contributed by atoms with E-state index in [1.54, 1.807) is 29.7 Å². The van der Waals surface area contributed by atoms with E-state index in [0.717, 1.165) is 18.4 Å². The molecule has 0 radical (unpaired) electrons. The van der Waals surface area contributed by atoms with Gasteiger partial charge < -0.3 is 14.8 Å². The summed E-state index contributed by atoms with van der Waals surface area (Å²) >= 11 is 0. The monoisotopic (exact) mass is 455 g/mol. The van der Waals surface area contributed by atoms with Crippen LogP contribution in [0.3, 0.4) is 0 Å². The maximum absolute atomic E-state index is 12.6. The highest BCUT2D eigenvalue weighted by atomic mass is 16.5. The second-order valence-electron chi connectivity index (χ2n) is 8.37. The van der Waals surface area contributed by atoms with Crippen molar-refractivity contribution in [2.75, 3.05) is 32.8 Å². The van der Waals surface area contributed by atoms with Crippen LogP contribution in [0.5, 0.6) is 5.75 Å². The minimum atomic E-state index is -0.680. The predicted molar refractivity (Wildman–Crippen MR) is 124 cm³/mol. The topological polar surface area (TPSA) is 100 Å². The van der Waals surface area contributed by atoms with Gasteiger partial charge in [0.15, 0.2) is 0 Å². The van der Waals surface area contributed by atoms with E-state index < -0.39 is 11.9 Å². The molecule has 0 bridgehead atoms. The fourth-order valence-corrected chi connectivity index (χ4v) is 4.00. The first-order valence-electron chi connectivity index (χ1n) is 11.3. The summed E-state index contributed by atoms with van der Waals surface area (Å²) in [6.45, 7) is 7.12. The Bertz CT molecular complexity index is 904. The van der Waals surface area contributed by atoms with Crippen molar-refractivity contribution in [2.24, 2.45) is 0 Å². The second-order valence-corrected chi connectivity index (χ2v) is 8.37. The second kappa shape index (κ2) is 12.3. The molecule has 8 nitrogen and oxygen atoms in total. The number of rotatable bonds is 8. The fraction of sp³-hybridized carbons (Fsp3) is 0.440. The van der Waals surface area contributed by atoms with Gasteiger partial charge in [-0.25, -0.2) is 5.48 Å². The van der Waals surface area contributed by atoms with Gasteiger partial charge in [0.25, 0.3) is 11.8 Å². The van der Waals surface area contributed by atoms with Crippen molar-refractivity contribution in [3.8, 4) is 5.75 Å². The Balaban J connectivity index is 1.55. The molecule has 2 aromatic carbocycles. The molecule has 0 aliphatic carbocycles. The van der Waals surface area contributed by atoms with Crippen molar-refractivity contribution in [3.05, 3.63) is 64.7 Å². The molecular formula is C25H33N3O5. The lowest BCUT2D eigenvalue weighted by Gasteiger charge is -2.31. The highest BCUT2D eigenvalue weighted by Crippen LogP contribution is 2.16. The summed E-state index contributed by atoms with van der Waals surface area (Å²) in [7, 11) is 0. The van der Waals surface area contributed by atoms with Gasteiger partial charge in [0.2, 0.25) is 0 Å². The Morgan fingerprint density at radius 1 is 1.06 bits per heavy atom. The van der Waals surface area contributed by atoms with E-state index in [9.17, 15) is 9.59 Å². The summed E-state index contributed by atoms with van der Waals surface area (Å²) in [5, 5.41) is 12.0. The predicted octanol–water partition coefficient (Wildman–Crippen LogP) is 2.60. The maximum Gasteiger partial charge on any atom is 0.262 e. The molecular weight excluding hydrogens is 422 g/mol. The summed E-state index contributed by atoms with van der Waals surface area (Å²) in [5.41, 5.74) is 5.66. The molecule has 2 amide bonds. The first-order valence-corrected chi connectivity index (χ1v) is 11.3. The van der Waals surface area contributed by atoms with Crippen LogP contribution in [0.1, 0.15) is 39.9 Å². The fourth-order valence-electron chi connectivity index (χ4n) is 4.00. The number of carbonyl (C=O) groups excluding carboxylic acids is 2. The molecule has 0 spiro atoms. The summed E-state index contributed by atoms with van der Waals surface area (Å²) in [4.78, 5) is 26.8. The van der Waals surface area contributed by atoms with E-state index in [4.69, 9.17) is 14.7 Å². The number of nitrogens with zero attached hydrogens (tertiary/aromatic N) is 1. The molecule has 2 aromatic rings. The lowest BCUT2D eigenvalue weighted by atomic mass is 10.1. The number of amides is 2. The Morgan fingerprint density at radius 3 is 2.48 bits per heavy atom. The Hall–Kier alpha value is -2.94. The highest BCUT2D eigenvalue weighted by Gasteiger charge is 2.26. The molecule has 1 fully saturated rings. The van der Waals surface area contributed by atoms with Crippen LogP contribution in [-0.2, 0) is 16.1 Å². The van der Waals surface area contributed by atoms with Crippen LogP contribution in [0.2, 0.25) is 0 Å².